The quantitative estimate of drug-likeness (QED) is 0.626. The van der Waals surface area contributed by atoms with Crippen molar-refractivity contribution < 1.29 is 13.9 Å². The molecule has 0 fully saturated rings. The van der Waals surface area contributed by atoms with E-state index in [-0.39, 0.29) is 17.5 Å². The van der Waals surface area contributed by atoms with E-state index < -0.39 is 0 Å². The number of ether oxygens (including phenoxy) is 1. The molecule has 0 aromatic heterocycles. The molecule has 0 N–H and O–H groups in total. The van der Waals surface area contributed by atoms with Crippen LogP contribution in [0.1, 0.15) is 10.4 Å². The van der Waals surface area contributed by atoms with Gasteiger partial charge in [-0.05, 0) is 29.8 Å². The highest BCUT2D eigenvalue weighted by Crippen LogP contribution is 2.31. The van der Waals surface area contributed by atoms with Gasteiger partial charge in [0.15, 0.2) is 5.78 Å². The Morgan fingerprint density at radius 2 is 2.05 bits per heavy atom. The molecule has 19 heavy (non-hydrogen) atoms. The van der Waals surface area contributed by atoms with Crippen molar-refractivity contribution in [1.29, 1.82) is 0 Å². The van der Waals surface area contributed by atoms with E-state index in [4.69, 9.17) is 16.3 Å². The highest BCUT2D eigenvalue weighted by atomic mass is 35.5. The van der Waals surface area contributed by atoms with E-state index in [9.17, 15) is 9.18 Å². The number of halogens is 2. The van der Waals surface area contributed by atoms with Crippen LogP contribution >= 0.6 is 11.6 Å². The van der Waals surface area contributed by atoms with E-state index >= 15 is 0 Å². The van der Waals surface area contributed by atoms with Crippen molar-refractivity contribution in [2.24, 2.45) is 0 Å². The van der Waals surface area contributed by atoms with Gasteiger partial charge in [-0.15, -0.1) is 11.6 Å². The molecule has 2 aromatic rings. The Bertz CT molecular complexity index is 611. The molecule has 0 amide bonds. The van der Waals surface area contributed by atoms with Crippen LogP contribution in [0.15, 0.2) is 42.5 Å². The number of rotatable bonds is 4. The topological polar surface area (TPSA) is 26.3 Å². The van der Waals surface area contributed by atoms with Gasteiger partial charge in [-0.2, -0.15) is 0 Å². The summed E-state index contributed by atoms with van der Waals surface area (Å²) in [6.45, 7) is 0. The highest BCUT2D eigenvalue weighted by molar-refractivity contribution is 6.30. The first-order valence-electron chi connectivity index (χ1n) is 5.69. The zero-order chi connectivity index (χ0) is 13.8. The van der Waals surface area contributed by atoms with Crippen molar-refractivity contribution in [3.05, 3.63) is 53.8 Å². The fraction of sp³-hybridized carbons (Fsp3) is 0.133. The fourth-order valence-corrected chi connectivity index (χ4v) is 1.99. The third-order valence-electron chi connectivity index (χ3n) is 2.78. The molecule has 0 bridgehead atoms. The van der Waals surface area contributed by atoms with Crippen LogP contribution in [0.25, 0.3) is 11.1 Å². The Kier molecular flexibility index (Phi) is 4.17. The van der Waals surface area contributed by atoms with E-state index in [1.807, 2.05) is 0 Å². The molecular formula is C15H12ClFO2. The van der Waals surface area contributed by atoms with Crippen molar-refractivity contribution in [1.82, 2.24) is 0 Å². The van der Waals surface area contributed by atoms with E-state index in [1.54, 1.807) is 30.3 Å². The predicted molar refractivity (Wildman–Crippen MR) is 73.4 cm³/mol. The molecule has 98 valence electrons. The maximum atomic E-state index is 13.2. The zero-order valence-electron chi connectivity index (χ0n) is 10.3. The average Bonchev–Trinajstić information content (AvgIpc) is 2.45. The Morgan fingerprint density at radius 3 is 2.68 bits per heavy atom. The number of alkyl halides is 1. The first-order valence-corrected chi connectivity index (χ1v) is 6.22. The van der Waals surface area contributed by atoms with Crippen molar-refractivity contribution in [2.45, 2.75) is 0 Å². The highest BCUT2D eigenvalue weighted by Gasteiger charge is 2.11. The minimum absolute atomic E-state index is 0.0809. The second-order valence-corrected chi connectivity index (χ2v) is 4.25. The van der Waals surface area contributed by atoms with Crippen molar-refractivity contribution in [3.63, 3.8) is 0 Å². The van der Waals surface area contributed by atoms with Crippen LogP contribution < -0.4 is 4.74 Å². The lowest BCUT2D eigenvalue weighted by Gasteiger charge is -2.10. The number of benzene rings is 2. The molecule has 0 saturated heterocycles. The average molecular weight is 279 g/mol. The SMILES string of the molecule is COc1cc(C(=O)CCl)ccc1-c1cccc(F)c1. The fourth-order valence-electron chi connectivity index (χ4n) is 1.84. The van der Waals surface area contributed by atoms with Gasteiger partial charge >= 0.3 is 0 Å². The first-order chi connectivity index (χ1) is 9.15. The van der Waals surface area contributed by atoms with Gasteiger partial charge in [-0.1, -0.05) is 18.2 Å². The minimum Gasteiger partial charge on any atom is -0.496 e. The number of hydrogen-bond acceptors (Lipinski definition) is 2. The third kappa shape index (κ3) is 2.93. The van der Waals surface area contributed by atoms with Crippen molar-refractivity contribution in [2.75, 3.05) is 13.0 Å². The summed E-state index contributed by atoms with van der Waals surface area (Å²) < 4.78 is 18.5. The Labute approximate surface area is 115 Å². The molecule has 2 aromatic carbocycles. The summed E-state index contributed by atoms with van der Waals surface area (Å²) in [4.78, 5) is 11.5. The molecule has 0 aliphatic carbocycles. The van der Waals surface area contributed by atoms with Crippen LogP contribution in [-0.4, -0.2) is 18.8 Å². The third-order valence-corrected chi connectivity index (χ3v) is 3.02. The molecular weight excluding hydrogens is 267 g/mol. The number of methoxy groups -OCH3 is 1. The summed E-state index contributed by atoms with van der Waals surface area (Å²) in [6, 6.07) is 11.2. The van der Waals surface area contributed by atoms with Crippen LogP contribution in [0.3, 0.4) is 0 Å². The van der Waals surface area contributed by atoms with Crippen LogP contribution in [0, 0.1) is 5.82 Å². The molecule has 0 heterocycles. The summed E-state index contributed by atoms with van der Waals surface area (Å²) in [5.74, 6) is -0.0598. The largest absolute Gasteiger partial charge is 0.496 e. The molecule has 0 aliphatic rings. The van der Waals surface area contributed by atoms with Crippen LogP contribution in [0.4, 0.5) is 4.39 Å². The van der Waals surface area contributed by atoms with Gasteiger partial charge in [0.1, 0.15) is 11.6 Å². The van der Waals surface area contributed by atoms with Crippen molar-refractivity contribution >= 4 is 17.4 Å². The Hall–Kier alpha value is -1.87. The molecule has 0 atom stereocenters. The monoisotopic (exact) mass is 278 g/mol. The zero-order valence-corrected chi connectivity index (χ0v) is 11.1. The maximum Gasteiger partial charge on any atom is 0.177 e. The summed E-state index contributed by atoms with van der Waals surface area (Å²) in [6.07, 6.45) is 0. The lowest BCUT2D eigenvalue weighted by atomic mass is 10.0. The number of Topliss-reactive ketones (excluding diaryl/α,β-unsaturated/α-hetero) is 1. The molecule has 2 nitrogen and oxygen atoms in total. The normalized spacial score (nSPS) is 10.3. The van der Waals surface area contributed by atoms with Crippen LogP contribution in [0.2, 0.25) is 0 Å². The lowest BCUT2D eigenvalue weighted by Crippen LogP contribution is -2.01. The molecule has 0 aliphatic heterocycles. The van der Waals surface area contributed by atoms with E-state index in [0.717, 1.165) is 5.56 Å². The minimum atomic E-state index is -0.319. The molecule has 2 rings (SSSR count). The van der Waals surface area contributed by atoms with Crippen molar-refractivity contribution in [3.8, 4) is 16.9 Å². The number of carbonyl (C=O) groups is 1. The van der Waals surface area contributed by atoms with Gasteiger partial charge in [0.25, 0.3) is 0 Å². The summed E-state index contributed by atoms with van der Waals surface area (Å²) in [7, 11) is 1.51. The predicted octanol–water partition coefficient (Wildman–Crippen LogP) is 3.92. The summed E-state index contributed by atoms with van der Waals surface area (Å²) >= 11 is 5.52. The van der Waals surface area contributed by atoms with Gasteiger partial charge in [0.05, 0.1) is 13.0 Å². The Morgan fingerprint density at radius 1 is 1.26 bits per heavy atom. The van der Waals surface area contributed by atoms with E-state index in [0.29, 0.717) is 16.9 Å². The van der Waals surface area contributed by atoms with E-state index in [2.05, 4.69) is 0 Å². The molecule has 0 radical (unpaired) electrons. The van der Waals surface area contributed by atoms with Gasteiger partial charge in [0, 0.05) is 11.1 Å². The van der Waals surface area contributed by atoms with Gasteiger partial charge < -0.3 is 4.74 Å². The van der Waals surface area contributed by atoms with E-state index in [1.165, 1.54) is 19.2 Å². The number of ketones is 1. The standard InChI is InChI=1S/C15H12ClFO2/c1-19-15-8-11(14(18)9-16)5-6-13(15)10-3-2-4-12(17)7-10/h2-8H,9H2,1H3. The van der Waals surface area contributed by atoms with Gasteiger partial charge in [0.2, 0.25) is 0 Å². The Balaban J connectivity index is 2.50. The van der Waals surface area contributed by atoms with Gasteiger partial charge in [-0.3, -0.25) is 4.79 Å². The lowest BCUT2D eigenvalue weighted by molar-refractivity contribution is 0.102. The second-order valence-electron chi connectivity index (χ2n) is 3.98. The van der Waals surface area contributed by atoms with Crippen LogP contribution in [0.5, 0.6) is 5.75 Å². The van der Waals surface area contributed by atoms with Crippen LogP contribution in [-0.2, 0) is 0 Å². The molecule has 4 heteroatoms. The molecule has 0 spiro atoms. The second kappa shape index (κ2) is 5.85. The number of hydrogen-bond donors (Lipinski definition) is 0. The summed E-state index contributed by atoms with van der Waals surface area (Å²) in [5.41, 5.74) is 1.90. The first kappa shape index (κ1) is 13.6. The maximum absolute atomic E-state index is 13.2. The smallest absolute Gasteiger partial charge is 0.177 e. The molecule has 0 unspecified atom stereocenters. The number of carbonyl (C=O) groups excluding carboxylic acids is 1. The molecule has 0 saturated carbocycles. The van der Waals surface area contributed by atoms with Gasteiger partial charge in [-0.25, -0.2) is 4.39 Å². The summed E-state index contributed by atoms with van der Waals surface area (Å²) in [5, 5.41) is 0.